The number of hydrogen-bond donors (Lipinski definition) is 2. The standard InChI is InChI=1S/C26H23F2N5O/c1-2-4-17-10-18(16-6-7-23(27)19(9-16)12-29)11-24(22(17)13-30)32-20-14-33(15-20)26(34)21-5-3-8-31-25(21)28/h2-4,6-11,13,20-21,32H,1,5,14-15,30H2/b17-4-,22-13+. The molecule has 3 N–H and O–H groups in total. The van der Waals surface area contributed by atoms with E-state index in [9.17, 15) is 18.8 Å². The molecule has 2 aromatic rings. The van der Waals surface area contributed by atoms with E-state index < -0.39 is 17.7 Å². The van der Waals surface area contributed by atoms with E-state index in [1.807, 2.05) is 18.2 Å². The van der Waals surface area contributed by atoms with E-state index >= 15 is 0 Å². The zero-order chi connectivity index (χ0) is 24.2. The zero-order valence-electron chi connectivity index (χ0n) is 18.3. The number of allylic oxidation sites excluding steroid dienone is 2. The Morgan fingerprint density at radius 3 is 2.74 bits per heavy atom. The summed E-state index contributed by atoms with van der Waals surface area (Å²) in [5.74, 6) is -2.37. The Kier molecular flexibility index (Phi) is 6.55. The fraction of sp³-hybridized carbons (Fsp3) is 0.192. The molecule has 8 heteroatoms. The fourth-order valence-electron chi connectivity index (χ4n) is 4.10. The lowest BCUT2D eigenvalue weighted by molar-refractivity contribution is -0.137. The predicted octanol–water partition coefficient (Wildman–Crippen LogP) is 2.55. The number of likely N-dealkylation sites (tertiary alicyclic amines) is 1. The molecule has 2 aromatic carbocycles. The first-order chi connectivity index (χ1) is 16.4. The van der Waals surface area contributed by atoms with Crippen LogP contribution in [0.1, 0.15) is 12.0 Å². The minimum absolute atomic E-state index is 0.0443. The normalized spacial score (nSPS) is 18.8. The highest BCUT2D eigenvalue weighted by molar-refractivity contribution is 6.01. The quantitative estimate of drug-likeness (QED) is 0.719. The van der Waals surface area contributed by atoms with Crippen LogP contribution in [0.15, 0.2) is 60.3 Å². The van der Waals surface area contributed by atoms with Crippen molar-refractivity contribution in [1.82, 2.24) is 4.90 Å². The van der Waals surface area contributed by atoms with E-state index in [0.717, 1.165) is 21.7 Å². The molecule has 0 aromatic heterocycles. The van der Waals surface area contributed by atoms with Crippen molar-refractivity contribution in [1.29, 1.82) is 5.26 Å². The van der Waals surface area contributed by atoms with E-state index in [0.29, 0.717) is 25.1 Å². The van der Waals surface area contributed by atoms with Gasteiger partial charge in [0.25, 0.3) is 0 Å². The molecule has 1 amide bonds. The molecule has 2 aliphatic rings. The number of carbonyl (C=O) groups is 1. The Morgan fingerprint density at radius 1 is 1.26 bits per heavy atom. The van der Waals surface area contributed by atoms with Gasteiger partial charge in [-0.3, -0.25) is 4.79 Å². The van der Waals surface area contributed by atoms with E-state index in [1.54, 1.807) is 29.2 Å². The van der Waals surface area contributed by atoms with E-state index in [2.05, 4.69) is 16.9 Å². The fourth-order valence-corrected chi connectivity index (χ4v) is 4.10. The van der Waals surface area contributed by atoms with Crippen LogP contribution in [0, 0.1) is 23.1 Å². The highest BCUT2D eigenvalue weighted by Crippen LogP contribution is 2.25. The summed E-state index contributed by atoms with van der Waals surface area (Å²) < 4.78 is 27.8. The van der Waals surface area contributed by atoms with Crippen LogP contribution in [0.4, 0.5) is 14.5 Å². The molecule has 0 saturated carbocycles. The van der Waals surface area contributed by atoms with Crippen molar-refractivity contribution in [3.05, 3.63) is 77.1 Å². The van der Waals surface area contributed by atoms with Crippen molar-refractivity contribution < 1.29 is 13.6 Å². The number of hydrogen-bond acceptors (Lipinski definition) is 5. The van der Waals surface area contributed by atoms with Gasteiger partial charge in [-0.05, 0) is 47.0 Å². The highest BCUT2D eigenvalue weighted by atomic mass is 19.1. The number of benzene rings is 2. The Hall–Kier alpha value is -4.25. The SMILES string of the molecule is C=C/C=c1/cc(-c2ccc(F)c(C#N)c2)cc(NC2CN(C(=O)C3CC=CN=C3F)C2)/c1=C/N. The number of rotatable bonds is 5. The second kappa shape index (κ2) is 9.71. The Bertz CT molecular complexity index is 1370. The summed E-state index contributed by atoms with van der Waals surface area (Å²) in [4.78, 5) is 17.8. The van der Waals surface area contributed by atoms with Gasteiger partial charge in [0.15, 0.2) is 0 Å². The Morgan fingerprint density at radius 2 is 2.06 bits per heavy atom. The van der Waals surface area contributed by atoms with Crippen molar-refractivity contribution in [2.75, 3.05) is 18.4 Å². The molecule has 2 aliphatic heterocycles. The van der Waals surface area contributed by atoms with Crippen molar-refractivity contribution in [2.45, 2.75) is 12.5 Å². The summed E-state index contributed by atoms with van der Waals surface area (Å²) in [5, 5.41) is 14.1. The van der Waals surface area contributed by atoms with Crippen LogP contribution in [0.2, 0.25) is 0 Å². The second-order valence-electron chi connectivity index (χ2n) is 8.11. The number of amides is 1. The molecule has 1 saturated heterocycles. The van der Waals surface area contributed by atoms with Crippen LogP contribution in [0.3, 0.4) is 0 Å². The maximum absolute atomic E-state index is 13.9. The third-order valence-electron chi connectivity index (χ3n) is 5.91. The number of halogens is 2. The van der Waals surface area contributed by atoms with Crippen LogP contribution in [0.25, 0.3) is 23.4 Å². The second-order valence-corrected chi connectivity index (χ2v) is 8.11. The molecule has 0 spiro atoms. The maximum Gasteiger partial charge on any atom is 0.234 e. The van der Waals surface area contributed by atoms with Crippen LogP contribution in [0.5, 0.6) is 0 Å². The first kappa shape index (κ1) is 22.9. The molecule has 1 unspecified atom stereocenters. The third-order valence-corrected chi connectivity index (χ3v) is 5.91. The molecule has 172 valence electrons. The van der Waals surface area contributed by atoms with Crippen LogP contribution in [-0.4, -0.2) is 35.9 Å². The summed E-state index contributed by atoms with van der Waals surface area (Å²) in [6, 6.07) is 9.93. The van der Waals surface area contributed by atoms with Gasteiger partial charge >= 0.3 is 0 Å². The number of nitriles is 1. The molecule has 2 heterocycles. The van der Waals surface area contributed by atoms with Gasteiger partial charge in [0, 0.05) is 36.4 Å². The summed E-state index contributed by atoms with van der Waals surface area (Å²) in [6.07, 6.45) is 8.28. The average molecular weight is 460 g/mol. The maximum atomic E-state index is 13.9. The lowest BCUT2D eigenvalue weighted by Gasteiger charge is -2.41. The molecular weight excluding hydrogens is 436 g/mol. The van der Waals surface area contributed by atoms with Crippen LogP contribution >= 0.6 is 0 Å². The van der Waals surface area contributed by atoms with Crippen LogP contribution < -0.4 is 21.5 Å². The summed E-state index contributed by atoms with van der Waals surface area (Å²) in [6.45, 7) is 4.58. The van der Waals surface area contributed by atoms with Gasteiger partial charge in [0.1, 0.15) is 17.8 Å². The summed E-state index contributed by atoms with van der Waals surface area (Å²) in [7, 11) is 0. The van der Waals surface area contributed by atoms with Crippen molar-refractivity contribution in [3.8, 4) is 17.2 Å². The number of nitrogens with one attached hydrogen (secondary N) is 1. The van der Waals surface area contributed by atoms with Gasteiger partial charge < -0.3 is 16.0 Å². The van der Waals surface area contributed by atoms with Gasteiger partial charge in [-0.25, -0.2) is 9.38 Å². The van der Waals surface area contributed by atoms with E-state index in [-0.39, 0.29) is 17.5 Å². The largest absolute Gasteiger partial charge is 0.404 e. The molecule has 1 atom stereocenters. The molecule has 4 rings (SSSR count). The smallest absolute Gasteiger partial charge is 0.234 e. The minimum Gasteiger partial charge on any atom is -0.404 e. The van der Waals surface area contributed by atoms with Gasteiger partial charge in [-0.15, -0.1) is 0 Å². The molecule has 1 fully saturated rings. The third kappa shape index (κ3) is 4.46. The van der Waals surface area contributed by atoms with Crippen molar-refractivity contribution >= 4 is 29.8 Å². The minimum atomic E-state index is -0.858. The van der Waals surface area contributed by atoms with Crippen molar-refractivity contribution in [2.24, 2.45) is 16.6 Å². The van der Waals surface area contributed by atoms with Gasteiger partial charge in [0.2, 0.25) is 11.9 Å². The molecule has 0 aliphatic carbocycles. The summed E-state index contributed by atoms with van der Waals surface area (Å²) in [5.41, 5.74) is 8.04. The monoisotopic (exact) mass is 459 g/mol. The molecule has 34 heavy (non-hydrogen) atoms. The van der Waals surface area contributed by atoms with Crippen molar-refractivity contribution in [3.63, 3.8) is 0 Å². The topological polar surface area (TPSA) is 94.5 Å². The van der Waals surface area contributed by atoms with Gasteiger partial charge in [-0.1, -0.05) is 30.9 Å². The average Bonchev–Trinajstić information content (AvgIpc) is 2.81. The number of nitrogens with zero attached hydrogens (tertiary/aromatic N) is 3. The number of aliphatic imine (C=N–C) groups is 1. The molecule has 0 bridgehead atoms. The molecule has 6 nitrogen and oxygen atoms in total. The van der Waals surface area contributed by atoms with Gasteiger partial charge in [0.05, 0.1) is 11.6 Å². The first-order valence-electron chi connectivity index (χ1n) is 10.8. The molecule has 0 radical (unpaired) electrons. The van der Waals surface area contributed by atoms with Crippen LogP contribution in [-0.2, 0) is 4.79 Å². The van der Waals surface area contributed by atoms with Gasteiger partial charge in [-0.2, -0.15) is 9.65 Å². The first-order valence-corrected chi connectivity index (χ1v) is 10.8. The predicted molar refractivity (Wildman–Crippen MR) is 129 cm³/mol. The van der Waals surface area contributed by atoms with E-state index in [4.69, 9.17) is 5.73 Å². The van der Waals surface area contributed by atoms with E-state index in [1.165, 1.54) is 24.5 Å². The number of nitrogens with two attached hydrogens (primary N) is 1. The lowest BCUT2D eigenvalue weighted by atomic mass is 9.97. The Labute approximate surface area is 195 Å². The zero-order valence-corrected chi connectivity index (χ0v) is 18.3. The summed E-state index contributed by atoms with van der Waals surface area (Å²) >= 11 is 0. The number of carbonyl (C=O) groups excluding carboxylic acids is 1. The number of anilines is 1. The Balaban J connectivity index is 1.60. The lowest BCUT2D eigenvalue weighted by Crippen LogP contribution is -2.59. The molecular formula is C26H23F2N5O. The highest BCUT2D eigenvalue weighted by Gasteiger charge is 2.37.